The fourth-order valence-electron chi connectivity index (χ4n) is 16.8. The van der Waals surface area contributed by atoms with E-state index in [4.69, 9.17) is 23.7 Å². The lowest BCUT2D eigenvalue weighted by Gasteiger charge is -2.72. The van der Waals surface area contributed by atoms with Gasteiger partial charge in [0, 0.05) is 110 Å². The van der Waals surface area contributed by atoms with E-state index in [1.807, 2.05) is 54.7 Å². The van der Waals surface area contributed by atoms with Crippen molar-refractivity contribution >= 4 is 34.5 Å². The Labute approximate surface area is 489 Å². The molecule has 3 aromatic carbocycles. The predicted octanol–water partition coefficient (Wildman–Crippen LogP) is 6.08. The van der Waals surface area contributed by atoms with Crippen LogP contribution < -0.4 is 14.2 Å². The number of aldehydes is 1. The summed E-state index contributed by atoms with van der Waals surface area (Å²) in [6.45, 7) is 2.41. The molecule has 3 fully saturated rings. The number of aromatic nitrogens is 1. The van der Waals surface area contributed by atoms with Gasteiger partial charge in [-0.1, -0.05) is 42.0 Å². The average Bonchev–Trinajstić information content (AvgIpc) is 1.59. The van der Waals surface area contributed by atoms with Crippen LogP contribution in [0.4, 0.5) is 0 Å². The highest BCUT2D eigenvalue weighted by Gasteiger charge is 2.79. The van der Waals surface area contributed by atoms with Crippen molar-refractivity contribution in [1.29, 1.82) is 0 Å². The number of aromatic amines is 1. The number of methoxy groups -OCH3 is 1. The molecule has 4 aliphatic heterocycles. The summed E-state index contributed by atoms with van der Waals surface area (Å²) in [6.07, 6.45) is 12.7. The molecule has 1 aromatic heterocycles. The molecule has 2 spiro atoms. The highest BCUT2D eigenvalue weighted by molar-refractivity contribution is 6.11. The molecule has 17 nitrogen and oxygen atoms in total. The number of likely N-dealkylation sites (tertiary alicyclic amines) is 1. The predicted molar refractivity (Wildman–Crippen MR) is 311 cm³/mol. The summed E-state index contributed by atoms with van der Waals surface area (Å²) < 4.78 is 32.6. The van der Waals surface area contributed by atoms with E-state index in [1.54, 1.807) is 14.0 Å². The van der Waals surface area contributed by atoms with Crippen LogP contribution in [0.3, 0.4) is 0 Å². The maximum absolute atomic E-state index is 15.2. The number of ketones is 1. The van der Waals surface area contributed by atoms with Crippen molar-refractivity contribution in [2.45, 2.75) is 120 Å². The lowest BCUT2D eigenvalue weighted by molar-refractivity contribution is -0.283. The molecule has 84 heavy (non-hydrogen) atoms. The van der Waals surface area contributed by atoms with Gasteiger partial charge in [-0.2, -0.15) is 0 Å². The van der Waals surface area contributed by atoms with Gasteiger partial charge in [-0.05, 0) is 154 Å². The largest absolute Gasteiger partial charge is 0.492 e. The number of nitrogens with zero attached hydrogens (tertiary/aromatic N) is 1. The van der Waals surface area contributed by atoms with E-state index >= 15 is 5.11 Å². The lowest BCUT2D eigenvalue weighted by atomic mass is 9.35. The van der Waals surface area contributed by atoms with Gasteiger partial charge >= 0.3 is 5.97 Å². The second kappa shape index (κ2) is 23.4. The number of benzene rings is 3. The summed E-state index contributed by atoms with van der Waals surface area (Å²) in [7, 11) is 1.69. The first-order valence-electron chi connectivity index (χ1n) is 30.4. The molecule has 8 aliphatic rings. The van der Waals surface area contributed by atoms with Gasteiger partial charge in [-0.3, -0.25) is 9.59 Å². The van der Waals surface area contributed by atoms with Gasteiger partial charge < -0.3 is 69.3 Å². The van der Waals surface area contributed by atoms with Crippen LogP contribution in [0.2, 0.25) is 0 Å². The van der Waals surface area contributed by atoms with E-state index in [-0.39, 0.29) is 104 Å². The number of aliphatic hydroxyl groups excluding tert-OH is 6. The third kappa shape index (κ3) is 9.25. The van der Waals surface area contributed by atoms with Gasteiger partial charge in [0.2, 0.25) is 5.76 Å². The molecule has 1 saturated heterocycles. The molecule has 448 valence electrons. The topological polar surface area (TPSA) is 258 Å². The van der Waals surface area contributed by atoms with Crippen LogP contribution in [0.25, 0.3) is 16.5 Å². The molecule has 0 amide bonds. The highest BCUT2D eigenvalue weighted by atomic mass is 16.6. The lowest BCUT2D eigenvalue weighted by Crippen LogP contribution is -2.80. The second-order valence-electron chi connectivity index (χ2n) is 24.9. The van der Waals surface area contributed by atoms with Gasteiger partial charge in [-0.25, -0.2) is 4.79 Å². The van der Waals surface area contributed by atoms with E-state index in [0.29, 0.717) is 100 Å². The normalized spacial score (nSPS) is 30.8. The minimum atomic E-state index is -1.81. The van der Waals surface area contributed by atoms with E-state index in [9.17, 15) is 45.0 Å². The molecule has 12 rings (SSSR count). The number of Topliss-reactive ketones (excluding diaryl/α,β-unsaturated/α-hetero) is 1. The molecule has 5 heterocycles. The Bertz CT molecular complexity index is 3360. The van der Waals surface area contributed by atoms with Crippen LogP contribution in [0.15, 0.2) is 89.4 Å². The third-order valence-electron chi connectivity index (χ3n) is 20.8. The van der Waals surface area contributed by atoms with Gasteiger partial charge in [0.25, 0.3) is 0 Å². The quantitative estimate of drug-likeness (QED) is 0.0243. The number of carbonyl (C=O) groups is 3. The number of fused-ring (bicyclic) bond motifs is 7. The first kappa shape index (κ1) is 58.4. The number of hydrogen-bond donors (Lipinski definition) is 8. The molecule has 8 N–H and O–H groups in total. The van der Waals surface area contributed by atoms with Crippen molar-refractivity contribution in [3.63, 3.8) is 0 Å². The molecule has 0 radical (unpaired) electrons. The van der Waals surface area contributed by atoms with Gasteiger partial charge in [0.15, 0.2) is 11.9 Å². The Morgan fingerprint density at radius 1 is 0.976 bits per heavy atom. The highest BCUT2D eigenvalue weighted by Crippen LogP contribution is 2.74. The molecule has 4 aliphatic carbocycles. The Hall–Kier alpha value is -5.99. The number of nitrogens with one attached hydrogen (secondary N) is 1. The summed E-state index contributed by atoms with van der Waals surface area (Å²) in [6, 6.07) is 13.9. The first-order chi connectivity index (χ1) is 40.8. The van der Waals surface area contributed by atoms with E-state index in [0.717, 1.165) is 46.1 Å². The van der Waals surface area contributed by atoms with Gasteiger partial charge in [-0.15, -0.1) is 0 Å². The summed E-state index contributed by atoms with van der Waals surface area (Å²) in [5.74, 6) is -4.51. The number of rotatable bonds is 18. The third-order valence-corrected chi connectivity index (χ3v) is 20.8. The van der Waals surface area contributed by atoms with Crippen molar-refractivity contribution in [2.24, 2.45) is 34.5 Å². The summed E-state index contributed by atoms with van der Waals surface area (Å²) in [5.41, 5.74) is 1.48. The minimum absolute atomic E-state index is 0.00836. The summed E-state index contributed by atoms with van der Waals surface area (Å²) >= 11 is 0. The van der Waals surface area contributed by atoms with Gasteiger partial charge in [0.05, 0.1) is 49.2 Å². The Kier molecular flexibility index (Phi) is 16.2. The Morgan fingerprint density at radius 2 is 1.80 bits per heavy atom. The van der Waals surface area contributed by atoms with Crippen LogP contribution in [-0.4, -0.2) is 154 Å². The molecule has 2 saturated carbocycles. The number of allylic oxidation sites excluding steroid dienone is 4. The smallest absolute Gasteiger partial charge is 0.375 e. The Balaban J connectivity index is 1.08. The molecular weight excluding hydrogens is 1070 g/mol. The van der Waals surface area contributed by atoms with Crippen LogP contribution >= 0.6 is 0 Å². The number of H-pyrrole nitrogens is 1. The molecular formula is C67H80N2O15. The molecule has 17 heteroatoms. The van der Waals surface area contributed by atoms with Gasteiger partial charge in [0.1, 0.15) is 28.6 Å². The Morgan fingerprint density at radius 3 is 2.54 bits per heavy atom. The zero-order chi connectivity index (χ0) is 58.7. The van der Waals surface area contributed by atoms with E-state index in [2.05, 4.69) is 22.0 Å². The average molecular weight is 1150 g/mol. The molecule has 0 unspecified atom stereocenters. The van der Waals surface area contributed by atoms with Crippen LogP contribution in [0, 0.1) is 34.5 Å². The fraction of sp³-hybridized carbons (Fsp3) is 0.537. The molecule has 10 atom stereocenters. The van der Waals surface area contributed by atoms with Crippen LogP contribution in [-0.2, 0) is 56.1 Å². The van der Waals surface area contributed by atoms with E-state index < -0.39 is 76.7 Å². The van der Waals surface area contributed by atoms with Crippen LogP contribution in [0.1, 0.15) is 110 Å². The van der Waals surface area contributed by atoms with Crippen molar-refractivity contribution in [3.8, 4) is 17.2 Å². The SMILES string of the molecule is CCOC(=O)C1=C(C=O)/C2=C3\C[C@@H](CO)C(=O)[C@@H](C3)c3cc4cc[nH]c4cc3CC[C@H](CO)COc3c4c(c(CO)c(c32)O1)O[C@@]1(C=C[C@@]2(CCO)CC[C@]35CCN(CCCOC)C[C@@H]3C=C([C@H](O)CCc3ccccc3CCO)[C@H]2[C@@]51O)C4. The van der Waals surface area contributed by atoms with Crippen molar-refractivity contribution < 1.29 is 73.8 Å². The second-order valence-corrected chi connectivity index (χ2v) is 24.9. The van der Waals surface area contributed by atoms with Crippen molar-refractivity contribution in [1.82, 2.24) is 9.88 Å². The number of piperidine rings is 1. The maximum atomic E-state index is 15.2. The number of carbonyl (C=O) groups excluding carboxylic acids is 3. The number of esters is 1. The van der Waals surface area contributed by atoms with E-state index in [1.165, 1.54) is 0 Å². The summed E-state index contributed by atoms with van der Waals surface area (Å²) in [4.78, 5) is 48.9. The minimum Gasteiger partial charge on any atom is -0.492 e. The molecule has 6 bridgehead atoms. The first-order valence-corrected chi connectivity index (χ1v) is 30.4. The monoisotopic (exact) mass is 1150 g/mol. The summed E-state index contributed by atoms with van der Waals surface area (Å²) in [5, 5.41) is 84.5. The zero-order valence-electron chi connectivity index (χ0n) is 48.2. The van der Waals surface area contributed by atoms with Crippen molar-refractivity contribution in [3.05, 3.63) is 128 Å². The maximum Gasteiger partial charge on any atom is 0.375 e. The number of hydrogen-bond acceptors (Lipinski definition) is 16. The van der Waals surface area contributed by atoms with Crippen molar-refractivity contribution in [2.75, 3.05) is 73.0 Å². The standard InChI is InChI=1S/C67H80N2O15/c1-3-81-63(78)61-51(36-74)55-44-27-45(35-73)57(77)48(29-44)47-28-43-13-21-68-53(43)30-42(47)10-9-39(34-72)38-82-59-50-32-66(84-58(50)52(37-75)60(83-61)56(55)59)18-16-64(20-25-71)15-17-65-19-23-69(22-6-26-80-2)33-46(65)31-49(62(64)67(65,66)79)54(76)12-11-40-7-4-5-8-41(40)14-24-70/h4-5,7-8,13,16,18,21,28,30-31,36,39,45-46,48,54,62,68,70-73,75-76,79H,3,6,9-12,14-15,17,19-20,22-27,29,32-35,37-38H2,1-2H3/b55-44-/t39-,45+,46+,48+,54-,62-,64-,65+,66+,67-/m1/s1. The van der Waals surface area contributed by atoms with Crippen LogP contribution in [0.5, 0.6) is 17.2 Å². The number of ether oxygens (including phenoxy) is 5. The molecule has 4 aromatic rings. The zero-order valence-corrected chi connectivity index (χ0v) is 48.2. The fourth-order valence-corrected chi connectivity index (χ4v) is 16.8. The number of aryl methyl sites for hydroxylation is 2. The number of aliphatic hydroxyl groups is 7.